The molecular formula is C18H28N2O3. The minimum absolute atomic E-state index is 0.410. The second kappa shape index (κ2) is 10.1. The molecule has 1 saturated heterocycles. The van der Waals surface area contributed by atoms with Crippen LogP contribution < -0.4 is 10.1 Å². The first-order chi connectivity index (χ1) is 11.3. The molecule has 0 saturated carbocycles. The van der Waals surface area contributed by atoms with Crippen molar-refractivity contribution in [2.24, 2.45) is 0 Å². The molecule has 1 fully saturated rings. The first kappa shape index (κ1) is 17.6. The Hall–Kier alpha value is -1.75. The lowest BCUT2D eigenvalue weighted by Gasteiger charge is -2.14. The fraction of sp³-hybridized carbons (Fsp3) is 0.611. The molecule has 1 amide bonds. The monoisotopic (exact) mass is 320 g/mol. The van der Waals surface area contributed by atoms with Gasteiger partial charge in [-0.1, -0.05) is 25.8 Å². The fourth-order valence-corrected chi connectivity index (χ4v) is 2.63. The Labute approximate surface area is 139 Å². The van der Waals surface area contributed by atoms with Gasteiger partial charge in [0.15, 0.2) is 0 Å². The van der Waals surface area contributed by atoms with Gasteiger partial charge >= 0.3 is 6.09 Å². The molecule has 0 aliphatic carbocycles. The van der Waals surface area contributed by atoms with E-state index in [0.29, 0.717) is 18.9 Å². The molecule has 0 radical (unpaired) electrons. The molecule has 2 rings (SSSR count). The smallest absolute Gasteiger partial charge is 0.411 e. The van der Waals surface area contributed by atoms with Crippen LogP contribution in [0.1, 0.15) is 39.0 Å². The van der Waals surface area contributed by atoms with Crippen molar-refractivity contribution in [3.05, 3.63) is 24.3 Å². The molecular weight excluding hydrogens is 292 g/mol. The largest absolute Gasteiger partial charge is 0.494 e. The Morgan fingerprint density at radius 1 is 1.22 bits per heavy atom. The summed E-state index contributed by atoms with van der Waals surface area (Å²) in [6.07, 6.45) is 5.48. The standard InChI is InChI=1S/C18H28N2O3/c1-2-3-6-13-22-17-9-7-8-16(15-17)19-18(21)23-14-12-20-10-4-5-11-20/h7-9,15H,2-6,10-14H2,1H3,(H,19,21). The van der Waals surface area contributed by atoms with Crippen molar-refractivity contribution < 1.29 is 14.3 Å². The first-order valence-corrected chi connectivity index (χ1v) is 8.67. The molecule has 0 aromatic heterocycles. The van der Waals surface area contributed by atoms with E-state index in [2.05, 4.69) is 17.1 Å². The van der Waals surface area contributed by atoms with Gasteiger partial charge < -0.3 is 9.47 Å². The molecule has 0 atom stereocenters. The molecule has 1 aliphatic heterocycles. The van der Waals surface area contributed by atoms with E-state index >= 15 is 0 Å². The van der Waals surface area contributed by atoms with Crippen LogP contribution in [0, 0.1) is 0 Å². The van der Waals surface area contributed by atoms with Gasteiger partial charge in [0.1, 0.15) is 12.4 Å². The van der Waals surface area contributed by atoms with E-state index in [9.17, 15) is 4.79 Å². The Kier molecular flexibility index (Phi) is 7.73. The minimum Gasteiger partial charge on any atom is -0.494 e. The number of likely N-dealkylation sites (tertiary alicyclic amines) is 1. The van der Waals surface area contributed by atoms with Crippen molar-refractivity contribution in [3.63, 3.8) is 0 Å². The van der Waals surface area contributed by atoms with Crippen LogP contribution in [-0.2, 0) is 4.74 Å². The molecule has 1 aliphatic rings. The molecule has 5 nitrogen and oxygen atoms in total. The number of ether oxygens (including phenoxy) is 2. The number of hydrogen-bond acceptors (Lipinski definition) is 4. The number of hydrogen-bond donors (Lipinski definition) is 1. The van der Waals surface area contributed by atoms with Crippen LogP contribution in [0.5, 0.6) is 5.75 Å². The highest BCUT2D eigenvalue weighted by atomic mass is 16.5. The Balaban J connectivity index is 1.67. The van der Waals surface area contributed by atoms with Gasteiger partial charge in [0.2, 0.25) is 0 Å². The van der Waals surface area contributed by atoms with Gasteiger partial charge in [0.05, 0.1) is 6.61 Å². The Morgan fingerprint density at radius 2 is 2.04 bits per heavy atom. The van der Waals surface area contributed by atoms with Crippen molar-refractivity contribution in [3.8, 4) is 5.75 Å². The van der Waals surface area contributed by atoms with E-state index in [4.69, 9.17) is 9.47 Å². The van der Waals surface area contributed by atoms with Gasteiger partial charge in [0, 0.05) is 18.3 Å². The summed E-state index contributed by atoms with van der Waals surface area (Å²) in [5.41, 5.74) is 0.698. The topological polar surface area (TPSA) is 50.8 Å². The number of anilines is 1. The second-order valence-corrected chi connectivity index (χ2v) is 5.89. The van der Waals surface area contributed by atoms with Crippen LogP contribution in [-0.4, -0.2) is 43.8 Å². The number of nitrogens with zero attached hydrogens (tertiary/aromatic N) is 1. The third-order valence-electron chi connectivity index (χ3n) is 3.94. The van der Waals surface area contributed by atoms with Crippen molar-refractivity contribution in [1.29, 1.82) is 0 Å². The van der Waals surface area contributed by atoms with Crippen LogP contribution in [0.25, 0.3) is 0 Å². The zero-order valence-electron chi connectivity index (χ0n) is 14.1. The molecule has 1 aromatic rings. The summed E-state index contributed by atoms with van der Waals surface area (Å²) in [4.78, 5) is 14.1. The van der Waals surface area contributed by atoms with Crippen molar-refractivity contribution >= 4 is 11.8 Å². The summed E-state index contributed by atoms with van der Waals surface area (Å²) in [5, 5.41) is 2.75. The highest BCUT2D eigenvalue weighted by molar-refractivity contribution is 5.84. The maximum atomic E-state index is 11.8. The molecule has 1 N–H and O–H groups in total. The fourth-order valence-electron chi connectivity index (χ4n) is 2.63. The van der Waals surface area contributed by atoms with Crippen molar-refractivity contribution in [2.45, 2.75) is 39.0 Å². The van der Waals surface area contributed by atoms with Crippen LogP contribution in [0.2, 0.25) is 0 Å². The SMILES string of the molecule is CCCCCOc1cccc(NC(=O)OCCN2CCCC2)c1. The quantitative estimate of drug-likeness (QED) is 0.701. The molecule has 1 heterocycles. The Bertz CT molecular complexity index is 473. The maximum Gasteiger partial charge on any atom is 0.411 e. The summed E-state index contributed by atoms with van der Waals surface area (Å²) in [6.45, 7) is 6.34. The molecule has 23 heavy (non-hydrogen) atoms. The number of benzene rings is 1. The zero-order chi connectivity index (χ0) is 16.3. The summed E-state index contributed by atoms with van der Waals surface area (Å²) >= 11 is 0. The number of unbranched alkanes of at least 4 members (excludes halogenated alkanes) is 2. The van der Waals surface area contributed by atoms with Crippen LogP contribution in [0.3, 0.4) is 0 Å². The number of nitrogens with one attached hydrogen (secondary N) is 1. The van der Waals surface area contributed by atoms with Crippen LogP contribution in [0.4, 0.5) is 10.5 Å². The lowest BCUT2D eigenvalue weighted by Crippen LogP contribution is -2.26. The number of rotatable bonds is 9. The van der Waals surface area contributed by atoms with Gasteiger partial charge in [0.25, 0.3) is 0 Å². The molecule has 1 aromatic carbocycles. The maximum absolute atomic E-state index is 11.8. The molecule has 0 bridgehead atoms. The number of carbonyl (C=O) groups is 1. The van der Waals surface area contributed by atoms with Crippen LogP contribution >= 0.6 is 0 Å². The van der Waals surface area contributed by atoms with Gasteiger partial charge in [-0.05, 0) is 44.5 Å². The normalized spacial score (nSPS) is 14.7. The number of carbonyl (C=O) groups excluding carboxylic acids is 1. The summed E-state index contributed by atoms with van der Waals surface area (Å²) < 4.78 is 10.9. The summed E-state index contributed by atoms with van der Waals surface area (Å²) in [5.74, 6) is 0.774. The summed E-state index contributed by atoms with van der Waals surface area (Å²) in [6, 6.07) is 7.43. The third-order valence-corrected chi connectivity index (χ3v) is 3.94. The summed E-state index contributed by atoms with van der Waals surface area (Å²) in [7, 11) is 0. The van der Waals surface area contributed by atoms with E-state index in [1.165, 1.54) is 25.7 Å². The van der Waals surface area contributed by atoms with E-state index in [0.717, 1.165) is 31.8 Å². The molecule has 0 spiro atoms. The van der Waals surface area contributed by atoms with E-state index in [1.54, 1.807) is 0 Å². The molecule has 0 unspecified atom stereocenters. The Morgan fingerprint density at radius 3 is 2.83 bits per heavy atom. The van der Waals surface area contributed by atoms with Crippen LogP contribution in [0.15, 0.2) is 24.3 Å². The van der Waals surface area contributed by atoms with E-state index < -0.39 is 6.09 Å². The van der Waals surface area contributed by atoms with E-state index in [1.807, 2.05) is 24.3 Å². The van der Waals surface area contributed by atoms with Gasteiger partial charge in [-0.2, -0.15) is 0 Å². The predicted molar refractivity (Wildman–Crippen MR) is 92.1 cm³/mol. The lowest BCUT2D eigenvalue weighted by molar-refractivity contribution is 0.146. The average molecular weight is 320 g/mol. The highest BCUT2D eigenvalue weighted by Crippen LogP contribution is 2.18. The van der Waals surface area contributed by atoms with Gasteiger partial charge in [-0.25, -0.2) is 4.79 Å². The van der Waals surface area contributed by atoms with E-state index in [-0.39, 0.29) is 0 Å². The average Bonchev–Trinajstić information content (AvgIpc) is 3.05. The predicted octanol–water partition coefficient (Wildman–Crippen LogP) is 3.90. The highest BCUT2D eigenvalue weighted by Gasteiger charge is 2.12. The molecule has 128 valence electrons. The number of amides is 1. The third kappa shape index (κ3) is 6.91. The van der Waals surface area contributed by atoms with Crippen molar-refractivity contribution in [1.82, 2.24) is 4.90 Å². The minimum atomic E-state index is -0.410. The first-order valence-electron chi connectivity index (χ1n) is 8.67. The van der Waals surface area contributed by atoms with Gasteiger partial charge in [-0.15, -0.1) is 0 Å². The van der Waals surface area contributed by atoms with Gasteiger partial charge in [-0.3, -0.25) is 10.2 Å². The lowest BCUT2D eigenvalue weighted by atomic mass is 10.2. The second-order valence-electron chi connectivity index (χ2n) is 5.89. The zero-order valence-corrected chi connectivity index (χ0v) is 14.1. The van der Waals surface area contributed by atoms with Crippen molar-refractivity contribution in [2.75, 3.05) is 38.2 Å². The molecule has 5 heteroatoms.